The third-order valence-corrected chi connectivity index (χ3v) is 2.05. The first-order valence-corrected chi connectivity index (χ1v) is 4.48. The van der Waals surface area contributed by atoms with Gasteiger partial charge < -0.3 is 15.4 Å². The van der Waals surface area contributed by atoms with E-state index in [1.54, 1.807) is 6.92 Å². The minimum atomic E-state index is -0.382. The molecule has 1 aliphatic heterocycles. The Morgan fingerprint density at radius 1 is 1.79 bits per heavy atom. The van der Waals surface area contributed by atoms with E-state index in [1.807, 2.05) is 6.07 Å². The zero-order valence-corrected chi connectivity index (χ0v) is 8.12. The van der Waals surface area contributed by atoms with Gasteiger partial charge >= 0.3 is 6.09 Å². The molecule has 1 amide bonds. The lowest BCUT2D eigenvalue weighted by Crippen LogP contribution is -2.38. The van der Waals surface area contributed by atoms with E-state index in [2.05, 4.69) is 0 Å². The zero-order chi connectivity index (χ0) is 10.6. The number of nitrogens with two attached hydrogens (primary N) is 1. The van der Waals surface area contributed by atoms with Gasteiger partial charge in [-0.15, -0.1) is 0 Å². The maximum atomic E-state index is 11.3. The van der Waals surface area contributed by atoms with Crippen molar-refractivity contribution in [3.63, 3.8) is 0 Å². The Bertz CT molecular complexity index is 304. The van der Waals surface area contributed by atoms with Crippen molar-refractivity contribution in [3.8, 4) is 6.07 Å². The molecule has 1 aliphatic rings. The van der Waals surface area contributed by atoms with Crippen LogP contribution in [0.3, 0.4) is 0 Å². The molecule has 5 nitrogen and oxygen atoms in total. The number of rotatable bonds is 1. The van der Waals surface area contributed by atoms with Crippen molar-refractivity contribution in [1.29, 1.82) is 5.26 Å². The molecule has 0 saturated heterocycles. The molecule has 14 heavy (non-hydrogen) atoms. The van der Waals surface area contributed by atoms with Gasteiger partial charge in [0.15, 0.2) is 0 Å². The van der Waals surface area contributed by atoms with Gasteiger partial charge in [-0.05, 0) is 6.92 Å². The number of amides is 1. The predicted molar refractivity (Wildman–Crippen MR) is 50.0 cm³/mol. The van der Waals surface area contributed by atoms with Gasteiger partial charge in [-0.3, -0.25) is 0 Å². The molecule has 1 rings (SSSR count). The molecule has 0 aromatic heterocycles. The van der Waals surface area contributed by atoms with E-state index >= 15 is 0 Å². The minimum Gasteiger partial charge on any atom is -0.450 e. The molecule has 0 bridgehead atoms. The number of ether oxygens (including phenoxy) is 1. The normalized spacial score (nSPS) is 16.4. The van der Waals surface area contributed by atoms with Crippen LogP contribution in [0.15, 0.2) is 11.3 Å². The Morgan fingerprint density at radius 3 is 3.07 bits per heavy atom. The topological polar surface area (TPSA) is 79.3 Å². The number of hydrogen-bond donors (Lipinski definition) is 1. The summed E-state index contributed by atoms with van der Waals surface area (Å²) in [6.07, 6.45) is 0.162. The van der Waals surface area contributed by atoms with Gasteiger partial charge in [0.1, 0.15) is 0 Å². The van der Waals surface area contributed by atoms with Crippen molar-refractivity contribution in [1.82, 2.24) is 4.90 Å². The first kappa shape index (κ1) is 10.4. The van der Waals surface area contributed by atoms with Gasteiger partial charge in [0.2, 0.25) is 0 Å². The Labute approximate surface area is 82.7 Å². The number of nitrogens with zero attached hydrogens (tertiary/aromatic N) is 2. The van der Waals surface area contributed by atoms with Gasteiger partial charge in [-0.1, -0.05) is 0 Å². The van der Waals surface area contributed by atoms with Crippen LogP contribution in [-0.4, -0.2) is 30.7 Å². The summed E-state index contributed by atoms with van der Waals surface area (Å²) >= 11 is 0. The van der Waals surface area contributed by atoms with Crippen LogP contribution < -0.4 is 5.73 Å². The third kappa shape index (κ3) is 2.16. The third-order valence-electron chi connectivity index (χ3n) is 2.05. The lowest BCUT2D eigenvalue weighted by molar-refractivity contribution is 0.109. The first-order valence-electron chi connectivity index (χ1n) is 4.48. The molecule has 76 valence electrons. The number of carbonyl (C=O) groups excluding carboxylic acids is 1. The van der Waals surface area contributed by atoms with Crippen LogP contribution in [0.1, 0.15) is 13.3 Å². The number of carbonyl (C=O) groups is 1. The smallest absolute Gasteiger partial charge is 0.410 e. The lowest BCUT2D eigenvalue weighted by atomic mass is 10.1. The quantitative estimate of drug-likeness (QED) is 0.663. The highest BCUT2D eigenvalue weighted by molar-refractivity contribution is 5.68. The average Bonchev–Trinajstić information content (AvgIpc) is 2.19. The van der Waals surface area contributed by atoms with E-state index in [4.69, 9.17) is 15.7 Å². The van der Waals surface area contributed by atoms with Crippen LogP contribution in [0.5, 0.6) is 0 Å². The van der Waals surface area contributed by atoms with Crippen molar-refractivity contribution in [2.24, 2.45) is 5.73 Å². The Hall–Kier alpha value is -1.70. The van der Waals surface area contributed by atoms with E-state index in [0.717, 1.165) is 0 Å². The van der Waals surface area contributed by atoms with Crippen LogP contribution in [-0.2, 0) is 4.74 Å². The standard InChI is InChI=1S/C9H13N3O2/c1-2-14-9(13)12-4-3-8(11)7(5-10)6-12/h2-4,6,11H2,1H3. The van der Waals surface area contributed by atoms with Gasteiger partial charge in [0.05, 0.1) is 24.8 Å². The first-order chi connectivity index (χ1) is 6.69. The summed E-state index contributed by atoms with van der Waals surface area (Å²) in [6, 6.07) is 1.99. The molecule has 0 aromatic carbocycles. The number of nitriles is 1. The van der Waals surface area contributed by atoms with Crippen molar-refractivity contribution < 1.29 is 9.53 Å². The summed E-state index contributed by atoms with van der Waals surface area (Å²) in [6.45, 7) is 2.88. The molecule has 0 saturated carbocycles. The van der Waals surface area contributed by atoms with Gasteiger partial charge in [-0.2, -0.15) is 5.26 Å². The molecular formula is C9H13N3O2. The fraction of sp³-hybridized carbons (Fsp3) is 0.556. The van der Waals surface area contributed by atoms with Gasteiger partial charge in [0.25, 0.3) is 0 Å². The summed E-state index contributed by atoms with van der Waals surface area (Å²) in [5, 5.41) is 8.72. The molecular weight excluding hydrogens is 182 g/mol. The highest BCUT2D eigenvalue weighted by atomic mass is 16.6. The summed E-state index contributed by atoms with van der Waals surface area (Å²) in [4.78, 5) is 12.8. The van der Waals surface area contributed by atoms with Crippen LogP contribution >= 0.6 is 0 Å². The fourth-order valence-corrected chi connectivity index (χ4v) is 1.26. The van der Waals surface area contributed by atoms with Crippen molar-refractivity contribution in [2.45, 2.75) is 13.3 Å². The monoisotopic (exact) mass is 195 g/mol. The van der Waals surface area contributed by atoms with Crippen LogP contribution in [0.4, 0.5) is 4.79 Å². The largest absolute Gasteiger partial charge is 0.450 e. The second kappa shape index (κ2) is 4.51. The molecule has 0 fully saturated rings. The number of hydrogen-bond acceptors (Lipinski definition) is 4. The predicted octanol–water partition coefficient (Wildman–Crippen LogP) is 0.585. The van der Waals surface area contributed by atoms with Crippen LogP contribution in [0.25, 0.3) is 0 Å². The SMILES string of the molecule is CCOC(=O)N1CCC(N)=C(C#N)C1. The minimum absolute atomic E-state index is 0.265. The highest BCUT2D eigenvalue weighted by Gasteiger charge is 2.21. The molecule has 0 spiro atoms. The summed E-state index contributed by atoms with van der Waals surface area (Å²) in [7, 11) is 0. The average molecular weight is 195 g/mol. The second-order valence-electron chi connectivity index (χ2n) is 2.99. The molecule has 0 aromatic rings. The van der Waals surface area contributed by atoms with Crippen molar-refractivity contribution in [2.75, 3.05) is 19.7 Å². The Balaban J connectivity index is 2.63. The fourth-order valence-electron chi connectivity index (χ4n) is 1.26. The highest BCUT2D eigenvalue weighted by Crippen LogP contribution is 2.13. The maximum absolute atomic E-state index is 11.3. The second-order valence-corrected chi connectivity index (χ2v) is 2.99. The summed E-state index contributed by atoms with van der Waals surface area (Å²) in [5.41, 5.74) is 6.64. The van der Waals surface area contributed by atoms with E-state index in [1.165, 1.54) is 4.90 Å². The molecule has 0 unspecified atom stereocenters. The maximum Gasteiger partial charge on any atom is 0.410 e. The molecule has 1 heterocycles. The van der Waals surface area contributed by atoms with E-state index in [9.17, 15) is 4.79 Å². The van der Waals surface area contributed by atoms with Gasteiger partial charge in [-0.25, -0.2) is 4.79 Å². The zero-order valence-electron chi connectivity index (χ0n) is 8.12. The Kier molecular flexibility index (Phi) is 3.35. The summed E-state index contributed by atoms with van der Waals surface area (Å²) in [5.74, 6) is 0. The van der Waals surface area contributed by atoms with Gasteiger partial charge in [0, 0.05) is 18.7 Å². The van der Waals surface area contributed by atoms with Crippen LogP contribution in [0.2, 0.25) is 0 Å². The van der Waals surface area contributed by atoms with Crippen molar-refractivity contribution in [3.05, 3.63) is 11.3 Å². The molecule has 0 aliphatic carbocycles. The lowest BCUT2D eigenvalue weighted by Gasteiger charge is -2.26. The molecule has 2 N–H and O–H groups in total. The van der Waals surface area contributed by atoms with E-state index in [0.29, 0.717) is 30.8 Å². The summed E-state index contributed by atoms with van der Waals surface area (Å²) < 4.78 is 4.82. The molecule has 0 atom stereocenters. The Morgan fingerprint density at radius 2 is 2.50 bits per heavy atom. The van der Waals surface area contributed by atoms with Crippen LogP contribution in [0, 0.1) is 11.3 Å². The molecule has 5 heteroatoms. The van der Waals surface area contributed by atoms with Crippen molar-refractivity contribution >= 4 is 6.09 Å². The van der Waals surface area contributed by atoms with E-state index in [-0.39, 0.29) is 12.6 Å². The molecule has 0 radical (unpaired) electrons. The van der Waals surface area contributed by atoms with E-state index < -0.39 is 0 Å².